The van der Waals surface area contributed by atoms with Crippen LogP contribution in [-0.2, 0) is 22.4 Å². The fourth-order valence-corrected chi connectivity index (χ4v) is 3.01. The van der Waals surface area contributed by atoms with Gasteiger partial charge in [0.25, 0.3) is 0 Å². The Labute approximate surface area is 139 Å². The lowest BCUT2D eigenvalue weighted by molar-refractivity contribution is -0.143. The number of carbonyl (C=O) groups is 2. The van der Waals surface area contributed by atoms with Gasteiger partial charge < -0.3 is 10.4 Å². The molecule has 1 aromatic heterocycles. The molecule has 0 saturated carbocycles. The first-order chi connectivity index (χ1) is 11.0. The van der Waals surface area contributed by atoms with E-state index in [1.165, 1.54) is 16.9 Å². The SMILES string of the molecule is CC(C)C(NC(=O)Cc1csc(Cc2ccccc2)n1)C(=O)O. The average molecular weight is 332 g/mol. The summed E-state index contributed by atoms with van der Waals surface area (Å²) in [6.45, 7) is 3.53. The molecule has 5 nitrogen and oxygen atoms in total. The van der Waals surface area contributed by atoms with Crippen molar-refractivity contribution in [2.75, 3.05) is 0 Å². The molecule has 0 aliphatic carbocycles. The summed E-state index contributed by atoms with van der Waals surface area (Å²) in [7, 11) is 0. The van der Waals surface area contributed by atoms with Crippen LogP contribution in [0.4, 0.5) is 0 Å². The Kier molecular flexibility index (Phi) is 5.87. The smallest absolute Gasteiger partial charge is 0.326 e. The summed E-state index contributed by atoms with van der Waals surface area (Å²) in [6.07, 6.45) is 0.832. The molecule has 0 fully saturated rings. The van der Waals surface area contributed by atoms with Crippen molar-refractivity contribution >= 4 is 23.2 Å². The van der Waals surface area contributed by atoms with Crippen molar-refractivity contribution < 1.29 is 14.7 Å². The molecule has 1 amide bonds. The van der Waals surface area contributed by atoms with Gasteiger partial charge in [-0.15, -0.1) is 11.3 Å². The number of carbonyl (C=O) groups excluding carboxylic acids is 1. The minimum Gasteiger partial charge on any atom is -0.480 e. The third-order valence-corrected chi connectivity index (χ3v) is 4.29. The Morgan fingerprint density at radius 1 is 1.26 bits per heavy atom. The molecule has 0 bridgehead atoms. The lowest BCUT2D eigenvalue weighted by Crippen LogP contribution is -2.44. The number of nitrogens with one attached hydrogen (secondary N) is 1. The van der Waals surface area contributed by atoms with E-state index in [0.29, 0.717) is 5.69 Å². The van der Waals surface area contributed by atoms with Gasteiger partial charge in [-0.2, -0.15) is 0 Å². The summed E-state index contributed by atoms with van der Waals surface area (Å²) in [5, 5.41) is 14.4. The van der Waals surface area contributed by atoms with Crippen LogP contribution in [0.3, 0.4) is 0 Å². The number of amides is 1. The maximum absolute atomic E-state index is 12.0. The average Bonchev–Trinajstić information content (AvgIpc) is 2.92. The molecule has 0 radical (unpaired) electrons. The van der Waals surface area contributed by atoms with Crippen LogP contribution in [0.25, 0.3) is 0 Å². The van der Waals surface area contributed by atoms with Crippen LogP contribution >= 0.6 is 11.3 Å². The summed E-state index contributed by atoms with van der Waals surface area (Å²) >= 11 is 1.51. The third-order valence-electron chi connectivity index (χ3n) is 3.39. The highest BCUT2D eigenvalue weighted by Gasteiger charge is 2.23. The van der Waals surface area contributed by atoms with E-state index in [1.807, 2.05) is 35.7 Å². The summed E-state index contributed by atoms with van der Waals surface area (Å²) in [5.74, 6) is -1.50. The quantitative estimate of drug-likeness (QED) is 0.816. The number of carboxylic acid groups (broad SMARTS) is 1. The molecule has 1 heterocycles. The standard InChI is InChI=1S/C17H20N2O3S/c1-11(2)16(17(21)22)19-14(20)9-13-10-23-15(18-13)8-12-6-4-3-5-7-12/h3-7,10-11,16H,8-9H2,1-2H3,(H,19,20)(H,21,22). The predicted octanol–water partition coefficient (Wildman–Crippen LogP) is 2.50. The van der Waals surface area contributed by atoms with E-state index in [1.54, 1.807) is 13.8 Å². The van der Waals surface area contributed by atoms with Crippen LogP contribution in [0.5, 0.6) is 0 Å². The van der Waals surface area contributed by atoms with Gasteiger partial charge in [-0.05, 0) is 11.5 Å². The number of rotatable bonds is 7. The maximum Gasteiger partial charge on any atom is 0.326 e. The van der Waals surface area contributed by atoms with Gasteiger partial charge in [0.1, 0.15) is 6.04 Å². The molecule has 1 unspecified atom stereocenters. The van der Waals surface area contributed by atoms with Gasteiger partial charge >= 0.3 is 5.97 Å². The van der Waals surface area contributed by atoms with Crippen molar-refractivity contribution in [3.63, 3.8) is 0 Å². The second-order valence-electron chi connectivity index (χ2n) is 5.70. The number of thiazole rings is 1. The highest BCUT2D eigenvalue weighted by atomic mass is 32.1. The number of nitrogens with zero attached hydrogens (tertiary/aromatic N) is 1. The molecule has 6 heteroatoms. The molecule has 122 valence electrons. The fourth-order valence-electron chi connectivity index (χ4n) is 2.18. The number of benzene rings is 1. The largest absolute Gasteiger partial charge is 0.480 e. The number of hydrogen-bond acceptors (Lipinski definition) is 4. The molecule has 2 aromatic rings. The van der Waals surface area contributed by atoms with E-state index in [-0.39, 0.29) is 18.2 Å². The summed E-state index contributed by atoms with van der Waals surface area (Å²) in [4.78, 5) is 27.6. The number of carboxylic acids is 1. The molecule has 0 aliphatic rings. The van der Waals surface area contributed by atoms with Gasteiger partial charge in [0, 0.05) is 11.8 Å². The van der Waals surface area contributed by atoms with Crippen LogP contribution in [0.15, 0.2) is 35.7 Å². The first-order valence-electron chi connectivity index (χ1n) is 7.45. The topological polar surface area (TPSA) is 79.3 Å². The Morgan fingerprint density at radius 2 is 1.96 bits per heavy atom. The zero-order valence-electron chi connectivity index (χ0n) is 13.2. The van der Waals surface area contributed by atoms with E-state index >= 15 is 0 Å². The fraction of sp³-hybridized carbons (Fsp3) is 0.353. The molecular formula is C17H20N2O3S. The highest BCUT2D eigenvalue weighted by molar-refractivity contribution is 7.09. The first-order valence-corrected chi connectivity index (χ1v) is 8.33. The van der Waals surface area contributed by atoms with Crippen molar-refractivity contribution in [1.29, 1.82) is 0 Å². The number of aromatic nitrogens is 1. The third kappa shape index (κ3) is 5.17. The second-order valence-corrected chi connectivity index (χ2v) is 6.64. The van der Waals surface area contributed by atoms with Crippen LogP contribution in [-0.4, -0.2) is 28.0 Å². The van der Waals surface area contributed by atoms with Crippen LogP contribution in [0.1, 0.15) is 30.1 Å². The van der Waals surface area contributed by atoms with Crippen molar-refractivity contribution in [2.45, 2.75) is 32.7 Å². The van der Waals surface area contributed by atoms with Crippen LogP contribution < -0.4 is 5.32 Å². The van der Waals surface area contributed by atoms with Crippen molar-refractivity contribution in [1.82, 2.24) is 10.3 Å². The molecule has 2 N–H and O–H groups in total. The van der Waals surface area contributed by atoms with E-state index in [9.17, 15) is 9.59 Å². The molecule has 1 aromatic carbocycles. The van der Waals surface area contributed by atoms with Crippen molar-refractivity contribution in [2.24, 2.45) is 5.92 Å². The van der Waals surface area contributed by atoms with E-state index in [4.69, 9.17) is 5.11 Å². The molecule has 2 rings (SSSR count). The van der Waals surface area contributed by atoms with E-state index < -0.39 is 12.0 Å². The van der Waals surface area contributed by atoms with Gasteiger partial charge in [-0.25, -0.2) is 9.78 Å². The number of hydrogen-bond donors (Lipinski definition) is 2. The zero-order valence-corrected chi connectivity index (χ0v) is 14.0. The van der Waals surface area contributed by atoms with Crippen LogP contribution in [0.2, 0.25) is 0 Å². The van der Waals surface area contributed by atoms with Crippen molar-refractivity contribution in [3.8, 4) is 0 Å². The summed E-state index contributed by atoms with van der Waals surface area (Å²) in [6, 6.07) is 9.13. The van der Waals surface area contributed by atoms with E-state index in [2.05, 4.69) is 10.3 Å². The summed E-state index contributed by atoms with van der Waals surface area (Å²) in [5.41, 5.74) is 1.84. The lowest BCUT2D eigenvalue weighted by Gasteiger charge is -2.17. The normalized spacial score (nSPS) is 12.1. The van der Waals surface area contributed by atoms with Gasteiger partial charge in [-0.3, -0.25) is 4.79 Å². The molecule has 0 saturated heterocycles. The Balaban J connectivity index is 1.93. The molecular weight excluding hydrogens is 312 g/mol. The monoisotopic (exact) mass is 332 g/mol. The molecule has 0 aliphatic heterocycles. The van der Waals surface area contributed by atoms with Crippen molar-refractivity contribution in [3.05, 3.63) is 52.0 Å². The minimum absolute atomic E-state index is 0.0990. The summed E-state index contributed by atoms with van der Waals surface area (Å²) < 4.78 is 0. The van der Waals surface area contributed by atoms with E-state index in [0.717, 1.165) is 11.4 Å². The van der Waals surface area contributed by atoms with Crippen LogP contribution in [0, 0.1) is 5.92 Å². The number of aliphatic carboxylic acids is 1. The zero-order chi connectivity index (χ0) is 16.8. The van der Waals surface area contributed by atoms with Gasteiger partial charge in [0.15, 0.2) is 0 Å². The first kappa shape index (κ1) is 17.1. The molecule has 0 spiro atoms. The second kappa shape index (κ2) is 7.87. The maximum atomic E-state index is 12.0. The highest BCUT2D eigenvalue weighted by Crippen LogP contribution is 2.15. The van der Waals surface area contributed by atoms with Gasteiger partial charge in [-0.1, -0.05) is 44.2 Å². The Morgan fingerprint density at radius 3 is 2.57 bits per heavy atom. The van der Waals surface area contributed by atoms with Gasteiger partial charge in [0.2, 0.25) is 5.91 Å². The predicted molar refractivity (Wildman–Crippen MR) is 89.5 cm³/mol. The molecule has 23 heavy (non-hydrogen) atoms. The Bertz CT molecular complexity index is 667. The molecule has 1 atom stereocenters. The Hall–Kier alpha value is -2.21. The van der Waals surface area contributed by atoms with Gasteiger partial charge in [0.05, 0.1) is 17.1 Å². The lowest BCUT2D eigenvalue weighted by atomic mass is 10.0. The minimum atomic E-state index is -1.02.